The molecule has 0 amide bonds. The first-order valence-corrected chi connectivity index (χ1v) is 6.33. The van der Waals surface area contributed by atoms with Crippen molar-refractivity contribution < 1.29 is 18.7 Å². The summed E-state index contributed by atoms with van der Waals surface area (Å²) in [7, 11) is 1.95. The molecule has 2 rings (SSSR count). The molecule has 0 atom stereocenters. The van der Waals surface area contributed by atoms with Gasteiger partial charge in [0.2, 0.25) is 0 Å². The largest absolute Gasteiger partial charge is 0.486 e. The molecule has 0 aliphatic heterocycles. The molecule has 0 saturated heterocycles. The van der Waals surface area contributed by atoms with Gasteiger partial charge in [0.05, 0.1) is 0 Å². The standard InChI is InChI=1S/C13H17F2N3O2/c1-18(9-2-3-9)4-5-20-12-10(14)6-8(7-11(12)15)13(16)17-19/h6-7,9,19H,2-5H2,1H3,(H2,16,17). The highest BCUT2D eigenvalue weighted by Crippen LogP contribution is 2.26. The summed E-state index contributed by atoms with van der Waals surface area (Å²) >= 11 is 0. The summed E-state index contributed by atoms with van der Waals surface area (Å²) < 4.78 is 32.6. The lowest BCUT2D eigenvalue weighted by Gasteiger charge is -2.16. The van der Waals surface area contributed by atoms with Crippen molar-refractivity contribution >= 4 is 5.84 Å². The van der Waals surface area contributed by atoms with Crippen LogP contribution in [-0.4, -0.2) is 42.2 Å². The molecule has 1 aromatic rings. The Morgan fingerprint density at radius 1 is 1.45 bits per heavy atom. The molecule has 0 aromatic heterocycles. The van der Waals surface area contributed by atoms with Crippen LogP contribution in [0.2, 0.25) is 0 Å². The van der Waals surface area contributed by atoms with Gasteiger partial charge in [0, 0.05) is 18.2 Å². The molecule has 1 aliphatic rings. The molecule has 1 saturated carbocycles. The minimum Gasteiger partial charge on any atom is -0.486 e. The number of oxime groups is 1. The van der Waals surface area contributed by atoms with Crippen molar-refractivity contribution in [1.82, 2.24) is 4.90 Å². The summed E-state index contributed by atoms with van der Waals surface area (Å²) in [6.07, 6.45) is 2.32. The summed E-state index contributed by atoms with van der Waals surface area (Å²) in [6, 6.07) is 2.51. The summed E-state index contributed by atoms with van der Waals surface area (Å²) in [6.45, 7) is 0.801. The van der Waals surface area contributed by atoms with E-state index in [1.165, 1.54) is 0 Å². The molecular formula is C13H17F2N3O2. The molecule has 0 heterocycles. The number of benzene rings is 1. The second-order valence-electron chi connectivity index (χ2n) is 4.81. The predicted octanol–water partition coefficient (Wildman–Crippen LogP) is 1.53. The second-order valence-corrected chi connectivity index (χ2v) is 4.81. The third kappa shape index (κ3) is 3.36. The quantitative estimate of drug-likeness (QED) is 0.360. The van der Waals surface area contributed by atoms with Crippen LogP contribution < -0.4 is 10.5 Å². The van der Waals surface area contributed by atoms with E-state index in [0.717, 1.165) is 25.0 Å². The lowest BCUT2D eigenvalue weighted by Crippen LogP contribution is -2.26. The molecule has 0 unspecified atom stereocenters. The Morgan fingerprint density at radius 3 is 2.55 bits per heavy atom. The lowest BCUT2D eigenvalue weighted by molar-refractivity contribution is 0.219. The summed E-state index contributed by atoms with van der Waals surface area (Å²) in [4.78, 5) is 2.10. The molecule has 1 aromatic carbocycles. The molecule has 1 aliphatic carbocycles. The van der Waals surface area contributed by atoms with Gasteiger partial charge in [0.15, 0.2) is 23.2 Å². The van der Waals surface area contributed by atoms with Crippen LogP contribution in [0.4, 0.5) is 8.78 Å². The van der Waals surface area contributed by atoms with E-state index in [1.807, 2.05) is 7.05 Å². The number of halogens is 2. The van der Waals surface area contributed by atoms with Gasteiger partial charge in [-0.1, -0.05) is 5.16 Å². The van der Waals surface area contributed by atoms with Crippen molar-refractivity contribution in [2.75, 3.05) is 20.2 Å². The van der Waals surface area contributed by atoms with Crippen molar-refractivity contribution in [2.45, 2.75) is 18.9 Å². The summed E-state index contributed by atoms with van der Waals surface area (Å²) in [5, 5.41) is 11.2. The van der Waals surface area contributed by atoms with Gasteiger partial charge in [-0.15, -0.1) is 0 Å². The Morgan fingerprint density at radius 2 is 2.05 bits per heavy atom. The minimum absolute atomic E-state index is 0.0371. The number of nitrogens with two attached hydrogens (primary N) is 1. The smallest absolute Gasteiger partial charge is 0.190 e. The number of hydrogen-bond acceptors (Lipinski definition) is 4. The Kier molecular flexibility index (Phi) is 4.39. The summed E-state index contributed by atoms with van der Waals surface area (Å²) in [5.41, 5.74) is 5.24. The fourth-order valence-electron chi connectivity index (χ4n) is 1.89. The molecule has 0 spiro atoms. The lowest BCUT2D eigenvalue weighted by atomic mass is 10.2. The highest BCUT2D eigenvalue weighted by molar-refractivity contribution is 5.97. The third-order valence-electron chi connectivity index (χ3n) is 3.26. The SMILES string of the molecule is CN(CCOc1c(F)cc(C(N)=NO)cc1F)C1CC1. The van der Waals surface area contributed by atoms with E-state index in [4.69, 9.17) is 15.7 Å². The van der Waals surface area contributed by atoms with Crippen molar-refractivity contribution in [3.8, 4) is 5.75 Å². The van der Waals surface area contributed by atoms with E-state index in [1.54, 1.807) is 0 Å². The first-order chi connectivity index (χ1) is 9.52. The Labute approximate surface area is 115 Å². The van der Waals surface area contributed by atoms with Crippen molar-refractivity contribution in [3.63, 3.8) is 0 Å². The Balaban J connectivity index is 2.00. The number of hydrogen-bond donors (Lipinski definition) is 2. The second kappa shape index (κ2) is 6.04. The molecule has 1 fully saturated rings. The molecule has 3 N–H and O–H groups in total. The van der Waals surface area contributed by atoms with Gasteiger partial charge in [-0.25, -0.2) is 8.78 Å². The van der Waals surface area contributed by atoms with Crippen LogP contribution in [0, 0.1) is 11.6 Å². The minimum atomic E-state index is -0.874. The van der Waals surface area contributed by atoms with Crippen LogP contribution in [0.3, 0.4) is 0 Å². The van der Waals surface area contributed by atoms with E-state index in [9.17, 15) is 8.78 Å². The van der Waals surface area contributed by atoms with E-state index in [0.29, 0.717) is 12.6 Å². The highest BCUT2D eigenvalue weighted by Gasteiger charge is 2.25. The topological polar surface area (TPSA) is 71.1 Å². The Bertz CT molecular complexity index is 495. The number of rotatable bonds is 6. The number of likely N-dealkylation sites (N-methyl/N-ethyl adjacent to an activating group) is 1. The predicted molar refractivity (Wildman–Crippen MR) is 70.0 cm³/mol. The molecule has 7 heteroatoms. The Hall–Kier alpha value is -1.89. The monoisotopic (exact) mass is 285 g/mol. The van der Waals surface area contributed by atoms with E-state index in [2.05, 4.69) is 10.1 Å². The molecule has 20 heavy (non-hydrogen) atoms. The maximum Gasteiger partial charge on any atom is 0.190 e. The first-order valence-electron chi connectivity index (χ1n) is 6.33. The van der Waals surface area contributed by atoms with E-state index in [-0.39, 0.29) is 18.0 Å². The van der Waals surface area contributed by atoms with Gasteiger partial charge in [-0.05, 0) is 32.0 Å². The van der Waals surface area contributed by atoms with Gasteiger partial charge in [-0.2, -0.15) is 0 Å². The zero-order chi connectivity index (χ0) is 14.7. The summed E-state index contributed by atoms with van der Waals surface area (Å²) in [5.74, 6) is -2.55. The van der Waals surface area contributed by atoms with E-state index >= 15 is 0 Å². The van der Waals surface area contributed by atoms with Gasteiger partial charge >= 0.3 is 0 Å². The van der Waals surface area contributed by atoms with Crippen molar-refractivity contribution in [2.24, 2.45) is 10.9 Å². The van der Waals surface area contributed by atoms with Crippen LogP contribution in [0.15, 0.2) is 17.3 Å². The molecule has 0 radical (unpaired) electrons. The van der Waals surface area contributed by atoms with Crippen LogP contribution >= 0.6 is 0 Å². The zero-order valence-electron chi connectivity index (χ0n) is 11.1. The van der Waals surface area contributed by atoms with Crippen LogP contribution in [0.5, 0.6) is 5.75 Å². The average molecular weight is 285 g/mol. The van der Waals surface area contributed by atoms with Crippen molar-refractivity contribution in [3.05, 3.63) is 29.3 Å². The van der Waals surface area contributed by atoms with Gasteiger partial charge in [0.1, 0.15) is 6.61 Å². The molecule has 110 valence electrons. The van der Waals surface area contributed by atoms with E-state index < -0.39 is 17.4 Å². The van der Waals surface area contributed by atoms with Crippen LogP contribution in [0.25, 0.3) is 0 Å². The number of amidine groups is 1. The molecule has 0 bridgehead atoms. The van der Waals surface area contributed by atoms with Crippen molar-refractivity contribution in [1.29, 1.82) is 0 Å². The van der Waals surface area contributed by atoms with Crippen LogP contribution in [0.1, 0.15) is 18.4 Å². The maximum atomic E-state index is 13.7. The van der Waals surface area contributed by atoms with Crippen LogP contribution in [-0.2, 0) is 0 Å². The molecular weight excluding hydrogens is 268 g/mol. The maximum absolute atomic E-state index is 13.7. The zero-order valence-corrected chi connectivity index (χ0v) is 11.1. The normalized spacial score (nSPS) is 15.7. The fourth-order valence-corrected chi connectivity index (χ4v) is 1.89. The fraction of sp³-hybridized carbons (Fsp3) is 0.462. The van der Waals surface area contributed by atoms with Gasteiger partial charge < -0.3 is 20.6 Å². The molecule has 5 nitrogen and oxygen atoms in total. The highest BCUT2D eigenvalue weighted by atomic mass is 19.1. The van der Waals surface area contributed by atoms with Gasteiger partial charge in [0.25, 0.3) is 0 Å². The number of nitrogens with zero attached hydrogens (tertiary/aromatic N) is 2. The first kappa shape index (κ1) is 14.5. The van der Waals surface area contributed by atoms with Gasteiger partial charge in [-0.3, -0.25) is 0 Å². The number of ether oxygens (including phenoxy) is 1. The third-order valence-corrected chi connectivity index (χ3v) is 3.26. The average Bonchev–Trinajstić information content (AvgIpc) is 3.24.